The highest BCUT2D eigenvalue weighted by Gasteiger charge is 2.35. The van der Waals surface area contributed by atoms with E-state index >= 15 is 0 Å². The summed E-state index contributed by atoms with van der Waals surface area (Å²) in [6.45, 7) is 6.31. The SMILES string of the molecule is CCCCCCCCCCCc1cccc(OCCCCOC(=O)C(CCC)[N+](C)(C)Cc2ccccc2)c1. The first-order chi connectivity index (χ1) is 19.0. The average molecular weight is 539 g/mol. The smallest absolute Gasteiger partial charge is 0.364 e. The molecule has 0 bridgehead atoms. The van der Waals surface area contributed by atoms with E-state index in [9.17, 15) is 4.79 Å². The molecule has 2 aromatic carbocycles. The summed E-state index contributed by atoms with van der Waals surface area (Å²) in [4.78, 5) is 13.0. The van der Waals surface area contributed by atoms with Gasteiger partial charge < -0.3 is 14.0 Å². The van der Waals surface area contributed by atoms with Crippen LogP contribution in [0.5, 0.6) is 5.75 Å². The minimum atomic E-state index is -0.153. The van der Waals surface area contributed by atoms with Crippen molar-refractivity contribution in [1.29, 1.82) is 0 Å². The van der Waals surface area contributed by atoms with Crippen LogP contribution in [0.1, 0.15) is 108 Å². The van der Waals surface area contributed by atoms with Crippen molar-refractivity contribution in [3.8, 4) is 5.75 Å². The summed E-state index contributed by atoms with van der Waals surface area (Å²) in [5.74, 6) is 0.867. The molecular formula is C35H56NO3+. The average Bonchev–Trinajstić information content (AvgIpc) is 2.93. The van der Waals surface area contributed by atoms with Gasteiger partial charge in [0.05, 0.1) is 27.3 Å². The summed E-state index contributed by atoms with van der Waals surface area (Å²) in [6, 6.07) is 18.8. The molecule has 1 unspecified atom stereocenters. The molecule has 0 aliphatic carbocycles. The Bertz CT molecular complexity index is 896. The van der Waals surface area contributed by atoms with E-state index < -0.39 is 0 Å². The molecule has 4 heteroatoms. The number of aryl methyl sites for hydroxylation is 1. The highest BCUT2D eigenvalue weighted by molar-refractivity contribution is 5.74. The Balaban J connectivity index is 1.62. The van der Waals surface area contributed by atoms with Gasteiger partial charge in [-0.25, -0.2) is 4.79 Å². The summed E-state index contributed by atoms with van der Waals surface area (Å²) < 4.78 is 12.4. The van der Waals surface area contributed by atoms with Crippen LogP contribution < -0.4 is 4.74 Å². The van der Waals surface area contributed by atoms with Crippen molar-refractivity contribution in [3.63, 3.8) is 0 Å². The van der Waals surface area contributed by atoms with E-state index in [1.54, 1.807) is 0 Å². The van der Waals surface area contributed by atoms with Crippen molar-refractivity contribution >= 4 is 5.97 Å². The van der Waals surface area contributed by atoms with Gasteiger partial charge in [-0.3, -0.25) is 0 Å². The van der Waals surface area contributed by atoms with Gasteiger partial charge in [0.1, 0.15) is 12.3 Å². The fourth-order valence-corrected chi connectivity index (χ4v) is 5.28. The second-order valence-electron chi connectivity index (χ2n) is 11.7. The van der Waals surface area contributed by atoms with Crippen LogP contribution >= 0.6 is 0 Å². The second kappa shape index (κ2) is 19.7. The maximum atomic E-state index is 13.0. The van der Waals surface area contributed by atoms with Gasteiger partial charge in [0.2, 0.25) is 0 Å². The highest BCUT2D eigenvalue weighted by atomic mass is 16.5. The molecule has 0 spiro atoms. The lowest BCUT2D eigenvalue weighted by atomic mass is 10.0. The van der Waals surface area contributed by atoms with Crippen molar-refractivity contribution in [2.24, 2.45) is 0 Å². The molecule has 0 saturated carbocycles. The van der Waals surface area contributed by atoms with Gasteiger partial charge in [-0.1, -0.05) is 108 Å². The molecule has 2 aromatic rings. The number of unbranched alkanes of at least 4 members (excludes halogenated alkanes) is 9. The van der Waals surface area contributed by atoms with Crippen LogP contribution in [0.4, 0.5) is 0 Å². The fraction of sp³-hybridized carbons (Fsp3) is 0.629. The maximum Gasteiger partial charge on any atom is 0.364 e. The fourth-order valence-electron chi connectivity index (χ4n) is 5.28. The number of nitrogens with zero attached hydrogens (tertiary/aromatic N) is 1. The van der Waals surface area contributed by atoms with Crippen LogP contribution in [-0.4, -0.2) is 43.8 Å². The van der Waals surface area contributed by atoms with Crippen LogP contribution in [0.15, 0.2) is 54.6 Å². The van der Waals surface area contributed by atoms with Crippen LogP contribution in [-0.2, 0) is 22.5 Å². The van der Waals surface area contributed by atoms with Gasteiger partial charge in [0, 0.05) is 12.0 Å². The molecule has 218 valence electrons. The van der Waals surface area contributed by atoms with Gasteiger partial charge in [-0.2, -0.15) is 0 Å². The monoisotopic (exact) mass is 538 g/mol. The topological polar surface area (TPSA) is 35.5 Å². The highest BCUT2D eigenvalue weighted by Crippen LogP contribution is 2.20. The van der Waals surface area contributed by atoms with Crippen molar-refractivity contribution < 1.29 is 18.8 Å². The molecular weight excluding hydrogens is 482 g/mol. The molecule has 0 saturated heterocycles. The number of carbonyl (C=O) groups excluding carboxylic acids is 1. The van der Waals surface area contributed by atoms with Crippen LogP contribution in [0.2, 0.25) is 0 Å². The number of quaternary nitrogens is 1. The van der Waals surface area contributed by atoms with E-state index in [1.807, 2.05) is 12.1 Å². The molecule has 1 atom stereocenters. The minimum Gasteiger partial charge on any atom is -0.494 e. The third-order valence-corrected chi connectivity index (χ3v) is 7.63. The minimum absolute atomic E-state index is 0.0807. The number of ether oxygens (including phenoxy) is 2. The van der Waals surface area contributed by atoms with Crippen LogP contribution in [0.3, 0.4) is 0 Å². The van der Waals surface area contributed by atoms with Crippen molar-refractivity contribution in [2.75, 3.05) is 27.3 Å². The van der Waals surface area contributed by atoms with Crippen LogP contribution in [0.25, 0.3) is 0 Å². The van der Waals surface area contributed by atoms with E-state index in [-0.39, 0.29) is 12.0 Å². The normalized spacial score (nSPS) is 12.3. The molecule has 0 N–H and O–H groups in total. The zero-order valence-electron chi connectivity index (χ0n) is 25.5. The Morgan fingerprint density at radius 3 is 2.05 bits per heavy atom. The lowest BCUT2D eigenvalue weighted by Crippen LogP contribution is -2.52. The van der Waals surface area contributed by atoms with Crippen molar-refractivity contribution in [2.45, 2.75) is 116 Å². The van der Waals surface area contributed by atoms with Gasteiger partial charge in [-0.15, -0.1) is 0 Å². The molecule has 0 amide bonds. The lowest BCUT2D eigenvalue weighted by Gasteiger charge is -2.36. The predicted octanol–water partition coefficient (Wildman–Crippen LogP) is 8.91. The predicted molar refractivity (Wildman–Crippen MR) is 164 cm³/mol. The third kappa shape index (κ3) is 14.0. The zero-order valence-corrected chi connectivity index (χ0v) is 25.5. The molecule has 39 heavy (non-hydrogen) atoms. The third-order valence-electron chi connectivity index (χ3n) is 7.63. The summed E-state index contributed by atoms with van der Waals surface area (Å²) in [7, 11) is 4.26. The second-order valence-corrected chi connectivity index (χ2v) is 11.7. The number of hydrogen-bond donors (Lipinski definition) is 0. The standard InChI is InChI=1S/C35H56NO3/c1-5-7-8-9-10-11-12-13-15-22-31-25-20-26-33(29-31)38-27-18-19-28-39-35(37)34(21-6-2)36(3,4)30-32-23-16-14-17-24-32/h14,16-17,20,23-26,29,34H,5-13,15,18-19,21-22,27-28,30H2,1-4H3/q+1. The largest absolute Gasteiger partial charge is 0.494 e. The molecule has 2 rings (SSSR count). The van der Waals surface area contributed by atoms with E-state index in [1.165, 1.54) is 68.9 Å². The molecule has 0 radical (unpaired) electrons. The number of carbonyl (C=O) groups is 1. The Labute approximate surface area is 239 Å². The first-order valence-electron chi connectivity index (χ1n) is 15.7. The summed E-state index contributed by atoms with van der Waals surface area (Å²) in [5.41, 5.74) is 2.60. The molecule has 0 aliphatic rings. The quantitative estimate of drug-likeness (QED) is 0.0853. The summed E-state index contributed by atoms with van der Waals surface area (Å²) >= 11 is 0. The van der Waals surface area contributed by atoms with Crippen molar-refractivity contribution in [3.05, 3.63) is 65.7 Å². The van der Waals surface area contributed by atoms with E-state index in [0.717, 1.165) is 44.4 Å². The zero-order chi connectivity index (χ0) is 28.2. The first kappa shape index (κ1) is 32.9. The van der Waals surface area contributed by atoms with Crippen molar-refractivity contribution in [1.82, 2.24) is 0 Å². The molecule has 0 fully saturated rings. The number of hydrogen-bond acceptors (Lipinski definition) is 3. The maximum absolute atomic E-state index is 13.0. The van der Waals surface area contributed by atoms with Gasteiger partial charge in [0.25, 0.3) is 0 Å². The summed E-state index contributed by atoms with van der Waals surface area (Å²) in [6.07, 6.45) is 16.8. The number of rotatable bonds is 22. The van der Waals surface area contributed by atoms with E-state index in [0.29, 0.717) is 17.7 Å². The number of esters is 1. The Kier molecular flexibility index (Phi) is 16.6. The number of likely N-dealkylation sites (N-methyl/N-ethyl adjacent to an activating group) is 1. The molecule has 0 heterocycles. The van der Waals surface area contributed by atoms with Gasteiger partial charge >= 0.3 is 5.97 Å². The molecule has 4 nitrogen and oxygen atoms in total. The molecule has 0 aliphatic heterocycles. The van der Waals surface area contributed by atoms with Gasteiger partial charge in [0.15, 0.2) is 6.04 Å². The first-order valence-corrected chi connectivity index (χ1v) is 15.7. The van der Waals surface area contributed by atoms with Crippen LogP contribution in [0, 0.1) is 0 Å². The van der Waals surface area contributed by atoms with E-state index in [4.69, 9.17) is 9.47 Å². The Hall–Kier alpha value is -2.33. The molecule has 0 aromatic heterocycles. The number of benzene rings is 2. The Morgan fingerprint density at radius 1 is 0.718 bits per heavy atom. The Morgan fingerprint density at radius 2 is 1.36 bits per heavy atom. The van der Waals surface area contributed by atoms with Gasteiger partial charge in [-0.05, 0) is 49.8 Å². The van der Waals surface area contributed by atoms with E-state index in [2.05, 4.69) is 70.4 Å². The summed E-state index contributed by atoms with van der Waals surface area (Å²) in [5, 5.41) is 0. The lowest BCUT2D eigenvalue weighted by molar-refractivity contribution is -0.920.